The minimum atomic E-state index is -0.296. The van der Waals surface area contributed by atoms with Gasteiger partial charge >= 0.3 is 0 Å². The molecule has 3 rings (SSSR count). The predicted molar refractivity (Wildman–Crippen MR) is 102 cm³/mol. The first kappa shape index (κ1) is 18.1. The number of amidine groups is 1. The fraction of sp³-hybridized carbons (Fsp3) is 0.211. The average molecular weight is 371 g/mol. The van der Waals surface area contributed by atoms with Crippen LogP contribution in [0.2, 0.25) is 0 Å². The number of halogens is 1. The molecule has 2 aromatic rings. The molecule has 1 aliphatic heterocycles. The molecule has 1 fully saturated rings. The molecule has 2 aromatic carbocycles. The first-order chi connectivity index (χ1) is 12.5. The maximum absolute atomic E-state index is 13.0. The Labute approximate surface area is 155 Å². The molecule has 0 radical (unpaired) electrons. The van der Waals surface area contributed by atoms with E-state index in [2.05, 4.69) is 15.5 Å². The van der Waals surface area contributed by atoms with Crippen LogP contribution in [0.25, 0.3) is 0 Å². The molecule has 5 nitrogen and oxygen atoms in total. The number of rotatable bonds is 5. The maximum atomic E-state index is 13.0. The van der Waals surface area contributed by atoms with E-state index in [0.717, 1.165) is 22.6 Å². The second-order valence-electron chi connectivity index (χ2n) is 5.75. The van der Waals surface area contributed by atoms with Crippen LogP contribution in [-0.4, -0.2) is 29.1 Å². The highest BCUT2D eigenvalue weighted by Crippen LogP contribution is 2.23. The second kappa shape index (κ2) is 8.14. The fourth-order valence-corrected chi connectivity index (χ4v) is 3.39. The fourth-order valence-electron chi connectivity index (χ4n) is 2.43. The third kappa shape index (κ3) is 4.49. The number of carbonyl (C=O) groups is 1. The topological polar surface area (TPSA) is 63.1 Å². The van der Waals surface area contributed by atoms with Crippen LogP contribution < -0.4 is 10.1 Å². The van der Waals surface area contributed by atoms with Crippen molar-refractivity contribution in [3.05, 3.63) is 65.5 Å². The summed E-state index contributed by atoms with van der Waals surface area (Å²) in [6, 6.07) is 13.7. The highest BCUT2D eigenvalue weighted by Gasteiger charge is 2.30. The van der Waals surface area contributed by atoms with Crippen LogP contribution in [0.15, 0.2) is 58.7 Å². The molecule has 0 aliphatic carbocycles. The number of nitrogens with zero attached hydrogens (tertiary/aromatic N) is 2. The third-order valence-electron chi connectivity index (χ3n) is 3.91. The van der Waals surface area contributed by atoms with Gasteiger partial charge in [0.05, 0.1) is 18.1 Å². The molecule has 0 spiro atoms. The van der Waals surface area contributed by atoms with Crippen molar-refractivity contribution >= 4 is 28.5 Å². The zero-order valence-electron chi connectivity index (χ0n) is 14.4. The zero-order chi connectivity index (χ0) is 18.5. The van der Waals surface area contributed by atoms with Gasteiger partial charge < -0.3 is 10.1 Å². The zero-order valence-corrected chi connectivity index (χ0v) is 15.2. The van der Waals surface area contributed by atoms with Gasteiger partial charge in [0.1, 0.15) is 11.6 Å². The van der Waals surface area contributed by atoms with Crippen LogP contribution in [0, 0.1) is 5.82 Å². The Hall–Kier alpha value is -2.67. The molecule has 7 heteroatoms. The van der Waals surface area contributed by atoms with Gasteiger partial charge in [-0.05, 0) is 60.9 Å². The molecule has 26 heavy (non-hydrogen) atoms. The van der Waals surface area contributed by atoms with Gasteiger partial charge in [-0.2, -0.15) is 5.10 Å². The first-order valence-corrected chi connectivity index (χ1v) is 8.92. The maximum Gasteiger partial charge on any atom is 0.239 e. The Morgan fingerprint density at radius 3 is 2.54 bits per heavy atom. The SMILES string of the molecule is COc1ccc(/C(C)=N\N=C2/NC(=O)C(Cc3ccc(F)cc3)S2)cc1. The van der Waals surface area contributed by atoms with E-state index < -0.39 is 0 Å². The third-order valence-corrected chi connectivity index (χ3v) is 4.98. The lowest BCUT2D eigenvalue weighted by Gasteiger charge is -2.04. The first-order valence-electron chi connectivity index (χ1n) is 8.04. The van der Waals surface area contributed by atoms with E-state index in [0.29, 0.717) is 11.6 Å². The molecule has 1 heterocycles. The number of benzene rings is 2. The Bertz CT molecular complexity index is 848. The van der Waals surface area contributed by atoms with Crippen LogP contribution >= 0.6 is 11.8 Å². The van der Waals surface area contributed by atoms with Gasteiger partial charge in [0.15, 0.2) is 5.17 Å². The molecular formula is C19H18FN3O2S. The van der Waals surface area contributed by atoms with E-state index >= 15 is 0 Å². The molecule has 1 N–H and O–H groups in total. The Morgan fingerprint density at radius 2 is 1.88 bits per heavy atom. The number of nitrogens with one attached hydrogen (secondary N) is 1. The summed E-state index contributed by atoms with van der Waals surface area (Å²) in [5.41, 5.74) is 2.56. The number of hydrogen-bond donors (Lipinski definition) is 1. The van der Waals surface area contributed by atoms with Gasteiger partial charge in [0, 0.05) is 0 Å². The minimum Gasteiger partial charge on any atom is -0.497 e. The summed E-state index contributed by atoms with van der Waals surface area (Å²) < 4.78 is 18.1. The summed E-state index contributed by atoms with van der Waals surface area (Å²) in [6.07, 6.45) is 0.511. The van der Waals surface area contributed by atoms with Crippen molar-refractivity contribution in [1.82, 2.24) is 5.32 Å². The van der Waals surface area contributed by atoms with Crippen molar-refractivity contribution in [2.24, 2.45) is 10.2 Å². The second-order valence-corrected chi connectivity index (χ2v) is 6.94. The molecule has 0 saturated carbocycles. The molecule has 1 saturated heterocycles. The molecule has 0 aromatic heterocycles. The lowest BCUT2D eigenvalue weighted by atomic mass is 10.1. The lowest BCUT2D eigenvalue weighted by Crippen LogP contribution is -2.26. The van der Waals surface area contributed by atoms with Crippen molar-refractivity contribution < 1.29 is 13.9 Å². The van der Waals surface area contributed by atoms with Crippen molar-refractivity contribution in [2.45, 2.75) is 18.6 Å². The molecule has 1 amide bonds. The molecule has 1 aliphatic rings. The highest BCUT2D eigenvalue weighted by molar-refractivity contribution is 8.15. The average Bonchev–Trinajstić information content (AvgIpc) is 3.01. The van der Waals surface area contributed by atoms with E-state index in [1.54, 1.807) is 19.2 Å². The molecular weight excluding hydrogens is 353 g/mol. The molecule has 1 atom stereocenters. The van der Waals surface area contributed by atoms with Crippen LogP contribution in [-0.2, 0) is 11.2 Å². The van der Waals surface area contributed by atoms with Crippen molar-refractivity contribution in [3.63, 3.8) is 0 Å². The van der Waals surface area contributed by atoms with Crippen molar-refractivity contribution in [3.8, 4) is 5.75 Å². The standard InChI is InChI=1S/C19H18FN3O2S/c1-12(14-5-9-16(25-2)10-6-14)22-23-19-21-18(24)17(26-19)11-13-3-7-15(20)8-4-13/h3-10,17H,11H2,1-2H3,(H,21,23,24)/b22-12-. The largest absolute Gasteiger partial charge is 0.497 e. The van der Waals surface area contributed by atoms with E-state index in [1.807, 2.05) is 31.2 Å². The summed E-state index contributed by atoms with van der Waals surface area (Å²) in [5.74, 6) is 0.369. The predicted octanol–water partition coefficient (Wildman–Crippen LogP) is 3.39. The normalized spacial score (nSPS) is 18.9. The van der Waals surface area contributed by atoms with Gasteiger partial charge in [-0.3, -0.25) is 4.79 Å². The number of hydrogen-bond acceptors (Lipinski definition) is 5. The Morgan fingerprint density at radius 1 is 1.19 bits per heavy atom. The van der Waals surface area contributed by atoms with Gasteiger partial charge in [-0.25, -0.2) is 4.39 Å². The number of methoxy groups -OCH3 is 1. The number of carbonyl (C=O) groups excluding carboxylic acids is 1. The quantitative estimate of drug-likeness (QED) is 0.647. The van der Waals surface area contributed by atoms with Gasteiger partial charge in [-0.1, -0.05) is 23.9 Å². The van der Waals surface area contributed by atoms with Crippen LogP contribution in [0.4, 0.5) is 4.39 Å². The summed E-state index contributed by atoms with van der Waals surface area (Å²) in [5, 5.41) is 11.2. The van der Waals surface area contributed by atoms with Gasteiger partial charge in [0.25, 0.3) is 0 Å². The molecule has 1 unspecified atom stereocenters. The summed E-state index contributed by atoms with van der Waals surface area (Å²) in [6.45, 7) is 1.85. The van der Waals surface area contributed by atoms with E-state index in [1.165, 1.54) is 23.9 Å². The monoisotopic (exact) mass is 371 g/mol. The molecule has 0 bridgehead atoms. The highest BCUT2D eigenvalue weighted by atomic mass is 32.2. The number of thioether (sulfide) groups is 1. The van der Waals surface area contributed by atoms with E-state index in [-0.39, 0.29) is 17.0 Å². The van der Waals surface area contributed by atoms with Crippen molar-refractivity contribution in [2.75, 3.05) is 7.11 Å². The van der Waals surface area contributed by atoms with E-state index in [4.69, 9.17) is 4.74 Å². The summed E-state index contributed by atoms with van der Waals surface area (Å²) >= 11 is 1.33. The molecule has 134 valence electrons. The number of amides is 1. The lowest BCUT2D eigenvalue weighted by molar-refractivity contribution is -0.118. The van der Waals surface area contributed by atoms with Crippen molar-refractivity contribution in [1.29, 1.82) is 0 Å². The van der Waals surface area contributed by atoms with E-state index in [9.17, 15) is 9.18 Å². The Kier molecular flexibility index (Phi) is 5.68. The smallest absolute Gasteiger partial charge is 0.239 e. The Balaban J connectivity index is 1.65. The summed E-state index contributed by atoms with van der Waals surface area (Å²) in [7, 11) is 1.62. The van der Waals surface area contributed by atoms with Gasteiger partial charge in [0.2, 0.25) is 5.91 Å². The van der Waals surface area contributed by atoms with Crippen LogP contribution in [0.3, 0.4) is 0 Å². The van der Waals surface area contributed by atoms with Crippen LogP contribution in [0.5, 0.6) is 5.75 Å². The van der Waals surface area contributed by atoms with Crippen LogP contribution in [0.1, 0.15) is 18.1 Å². The van der Waals surface area contributed by atoms with Gasteiger partial charge in [-0.15, -0.1) is 5.10 Å². The minimum absolute atomic E-state index is 0.115. The summed E-state index contributed by atoms with van der Waals surface area (Å²) in [4.78, 5) is 12.1. The number of ether oxygens (including phenoxy) is 1.